The van der Waals surface area contributed by atoms with Crippen LogP contribution in [0.25, 0.3) is 0 Å². The third-order valence-corrected chi connectivity index (χ3v) is 11.2. The zero-order chi connectivity index (χ0) is 35.8. The zero-order valence-corrected chi connectivity index (χ0v) is 28.5. The molecule has 1 heterocycles. The molecule has 0 atom stereocenters. The number of nitrogens with one attached hydrogen (secondary N) is 1. The van der Waals surface area contributed by atoms with E-state index in [0.29, 0.717) is 5.06 Å². The normalized spacial score (nSPS) is 13.5. The molecule has 3 amide bonds. The van der Waals surface area contributed by atoms with Crippen molar-refractivity contribution in [3.8, 4) is 0 Å². The first-order valence-corrected chi connectivity index (χ1v) is 18.6. The molecule has 49 heavy (non-hydrogen) atoms. The van der Waals surface area contributed by atoms with E-state index in [9.17, 15) is 40.8 Å². The third kappa shape index (κ3) is 10.1. The number of hydroxylamine groups is 2. The first-order chi connectivity index (χ1) is 23.2. The van der Waals surface area contributed by atoms with Gasteiger partial charge in [-0.15, -0.1) is 5.06 Å². The Bertz CT molecular complexity index is 1830. The van der Waals surface area contributed by atoms with Crippen molar-refractivity contribution in [1.29, 1.82) is 0 Å². The van der Waals surface area contributed by atoms with Gasteiger partial charge in [-0.2, -0.15) is 0 Å². The molecule has 15 heteroatoms. The summed E-state index contributed by atoms with van der Waals surface area (Å²) >= 11 is 0. The summed E-state index contributed by atoms with van der Waals surface area (Å²) in [4.78, 5) is 65.8. The molecule has 3 aromatic rings. The maximum Gasteiger partial charge on any atom is 0.335 e. The number of imide groups is 1. The molecule has 1 saturated heterocycles. The second-order valence-electron chi connectivity index (χ2n) is 11.5. The first-order valence-electron chi connectivity index (χ1n) is 15.3. The first kappa shape index (κ1) is 37.1. The lowest BCUT2D eigenvalue weighted by molar-refractivity contribution is -0.198. The van der Waals surface area contributed by atoms with Crippen LogP contribution < -0.4 is 5.32 Å². The van der Waals surface area contributed by atoms with E-state index in [1.807, 2.05) is 0 Å². The van der Waals surface area contributed by atoms with Crippen LogP contribution in [0.3, 0.4) is 0 Å². The predicted octanol–water partition coefficient (Wildman–Crippen LogP) is 2.79. The highest BCUT2D eigenvalue weighted by Gasteiger charge is 2.34. The highest BCUT2D eigenvalue weighted by Crippen LogP contribution is 2.23. The Hall–Kier alpha value is -4.73. The van der Waals surface area contributed by atoms with E-state index < -0.39 is 66.6 Å². The summed E-state index contributed by atoms with van der Waals surface area (Å²) in [5.74, 6) is -6.12. The lowest BCUT2D eigenvalue weighted by Gasteiger charge is -2.17. The SMILES string of the molecule is Cc1ccc(S(=O)(=O)CC(CS(=O)(=O)c2ccc(C)cc2)C(=O)c2ccc(C(=O)NCCOCCC(=O)ON3C(=O)CCC3=O)cc2)cc1. The third-order valence-electron chi connectivity index (χ3n) is 7.59. The number of ether oxygens (including phenoxy) is 1. The summed E-state index contributed by atoms with van der Waals surface area (Å²) in [6.45, 7) is 3.60. The summed E-state index contributed by atoms with van der Waals surface area (Å²) < 4.78 is 58.6. The minimum atomic E-state index is -4.06. The van der Waals surface area contributed by atoms with Crippen LogP contribution in [0, 0.1) is 19.8 Å². The van der Waals surface area contributed by atoms with Gasteiger partial charge in [0, 0.05) is 30.5 Å². The van der Waals surface area contributed by atoms with E-state index in [2.05, 4.69) is 5.32 Å². The van der Waals surface area contributed by atoms with Gasteiger partial charge in [-0.25, -0.2) is 21.6 Å². The van der Waals surface area contributed by atoms with Gasteiger partial charge in [-0.05, 0) is 50.2 Å². The number of hydrogen-bond donors (Lipinski definition) is 1. The van der Waals surface area contributed by atoms with Crippen LogP contribution in [0.1, 0.15) is 51.1 Å². The van der Waals surface area contributed by atoms with Gasteiger partial charge in [-0.1, -0.05) is 47.5 Å². The minimum absolute atomic E-state index is 0.0143. The van der Waals surface area contributed by atoms with Crippen LogP contribution in [0.4, 0.5) is 0 Å². The monoisotopic (exact) mass is 712 g/mol. The molecule has 0 radical (unpaired) electrons. The minimum Gasteiger partial charge on any atom is -0.379 e. The summed E-state index contributed by atoms with van der Waals surface area (Å²) in [5.41, 5.74) is 1.88. The van der Waals surface area contributed by atoms with E-state index in [-0.39, 0.29) is 59.9 Å². The van der Waals surface area contributed by atoms with Gasteiger partial charge < -0.3 is 14.9 Å². The maximum absolute atomic E-state index is 13.7. The lowest BCUT2D eigenvalue weighted by atomic mass is 9.99. The van der Waals surface area contributed by atoms with Crippen molar-refractivity contribution in [2.75, 3.05) is 31.3 Å². The highest BCUT2D eigenvalue weighted by molar-refractivity contribution is 7.92. The van der Waals surface area contributed by atoms with Gasteiger partial charge in [0.2, 0.25) is 0 Å². The van der Waals surface area contributed by atoms with Gasteiger partial charge in [-0.3, -0.25) is 19.2 Å². The zero-order valence-electron chi connectivity index (χ0n) is 26.9. The average Bonchev–Trinajstić information content (AvgIpc) is 3.38. The highest BCUT2D eigenvalue weighted by atomic mass is 32.2. The number of amides is 3. The number of carbonyl (C=O) groups excluding carboxylic acids is 5. The molecular weight excluding hydrogens is 677 g/mol. The van der Waals surface area contributed by atoms with Crippen molar-refractivity contribution < 1.29 is 50.4 Å². The number of benzene rings is 3. The standard InChI is InChI=1S/C34H36N2O11S2/c1-23-3-11-28(12-4-23)48(42,43)21-27(22-49(44,45)29-13-5-24(2)6-14-29)33(40)25-7-9-26(10-8-25)34(41)35-18-20-46-19-17-32(39)47-36-30(37)15-16-31(36)38/h3-14,27H,15-22H2,1-2H3,(H,35,41). The Labute approximate surface area is 284 Å². The molecule has 0 bridgehead atoms. The number of rotatable bonds is 16. The molecule has 0 saturated carbocycles. The Kier molecular flexibility index (Phi) is 12.2. The molecule has 1 N–H and O–H groups in total. The second kappa shape index (κ2) is 16.1. The van der Waals surface area contributed by atoms with E-state index in [1.54, 1.807) is 38.1 Å². The molecule has 0 aromatic heterocycles. The van der Waals surface area contributed by atoms with Crippen molar-refractivity contribution in [3.63, 3.8) is 0 Å². The number of aryl methyl sites for hydroxylation is 2. The number of hydrogen-bond acceptors (Lipinski definition) is 11. The van der Waals surface area contributed by atoms with Gasteiger partial charge in [0.15, 0.2) is 25.5 Å². The molecule has 3 aromatic carbocycles. The van der Waals surface area contributed by atoms with Crippen molar-refractivity contribution in [1.82, 2.24) is 10.4 Å². The Morgan fingerprint density at radius 2 is 1.18 bits per heavy atom. The van der Waals surface area contributed by atoms with Gasteiger partial charge in [0.05, 0.1) is 46.8 Å². The Balaban J connectivity index is 1.36. The van der Waals surface area contributed by atoms with Gasteiger partial charge >= 0.3 is 5.97 Å². The molecule has 1 aliphatic rings. The molecule has 0 spiro atoms. The van der Waals surface area contributed by atoms with E-state index in [0.717, 1.165) is 11.1 Å². The number of carbonyl (C=O) groups is 5. The lowest BCUT2D eigenvalue weighted by Crippen LogP contribution is -2.32. The smallest absolute Gasteiger partial charge is 0.335 e. The number of Topliss-reactive ketones (excluding diaryl/α,β-unsaturated/α-hetero) is 1. The van der Waals surface area contributed by atoms with E-state index in [4.69, 9.17) is 9.57 Å². The Morgan fingerprint density at radius 1 is 0.714 bits per heavy atom. The molecule has 0 unspecified atom stereocenters. The van der Waals surface area contributed by atoms with Crippen LogP contribution in [-0.4, -0.2) is 82.6 Å². The molecule has 260 valence electrons. The molecule has 1 fully saturated rings. The van der Waals surface area contributed by atoms with Crippen LogP contribution in [0.2, 0.25) is 0 Å². The topological polar surface area (TPSA) is 187 Å². The van der Waals surface area contributed by atoms with Crippen molar-refractivity contribution in [2.24, 2.45) is 5.92 Å². The van der Waals surface area contributed by atoms with Crippen LogP contribution in [0.15, 0.2) is 82.6 Å². The molecule has 4 rings (SSSR count). The van der Waals surface area contributed by atoms with Crippen LogP contribution in [0.5, 0.6) is 0 Å². The molecule has 0 aliphatic carbocycles. The van der Waals surface area contributed by atoms with E-state index >= 15 is 0 Å². The maximum atomic E-state index is 13.7. The van der Waals surface area contributed by atoms with Crippen molar-refractivity contribution in [2.45, 2.75) is 42.9 Å². The largest absolute Gasteiger partial charge is 0.379 e. The fourth-order valence-electron chi connectivity index (χ4n) is 4.84. The fourth-order valence-corrected chi connectivity index (χ4v) is 8.07. The van der Waals surface area contributed by atoms with Crippen LogP contribution >= 0.6 is 0 Å². The summed E-state index contributed by atoms with van der Waals surface area (Å²) in [5, 5.41) is 3.06. The molecular formula is C34H36N2O11S2. The quantitative estimate of drug-likeness (QED) is 0.131. The van der Waals surface area contributed by atoms with Gasteiger partial charge in [0.25, 0.3) is 17.7 Å². The summed E-state index contributed by atoms with van der Waals surface area (Å²) in [7, 11) is -8.12. The molecule has 1 aliphatic heterocycles. The summed E-state index contributed by atoms with van der Waals surface area (Å²) in [6, 6.07) is 17.5. The predicted molar refractivity (Wildman–Crippen MR) is 176 cm³/mol. The van der Waals surface area contributed by atoms with Crippen molar-refractivity contribution in [3.05, 3.63) is 95.1 Å². The van der Waals surface area contributed by atoms with E-state index in [1.165, 1.54) is 48.5 Å². The summed E-state index contributed by atoms with van der Waals surface area (Å²) in [6.07, 6.45) is -0.251. The number of ketones is 1. The second-order valence-corrected chi connectivity index (χ2v) is 15.6. The number of sulfone groups is 2. The molecule has 13 nitrogen and oxygen atoms in total. The fraction of sp³-hybridized carbons (Fsp3) is 0.324. The van der Waals surface area contributed by atoms with Crippen molar-refractivity contribution >= 4 is 49.1 Å². The Morgan fingerprint density at radius 3 is 1.67 bits per heavy atom. The number of nitrogens with zero attached hydrogens (tertiary/aromatic N) is 1. The van der Waals surface area contributed by atoms with Gasteiger partial charge in [0.1, 0.15) is 0 Å². The van der Waals surface area contributed by atoms with Crippen LogP contribution in [-0.2, 0) is 43.6 Å². The average molecular weight is 713 g/mol.